The Morgan fingerprint density at radius 3 is 2.86 bits per heavy atom. The van der Waals surface area contributed by atoms with E-state index in [0.717, 1.165) is 15.4 Å². The molecule has 0 aliphatic carbocycles. The van der Waals surface area contributed by atoms with E-state index in [9.17, 15) is 4.79 Å². The molecule has 1 N–H and O–H groups in total. The fraction of sp³-hybridized carbons (Fsp3) is 0.100. The molecule has 1 aromatic carbocycles. The second-order valence-corrected chi connectivity index (χ2v) is 4.17. The Kier molecular flexibility index (Phi) is 2.61. The summed E-state index contributed by atoms with van der Waals surface area (Å²) in [5.41, 5.74) is 1.30. The van der Waals surface area contributed by atoms with E-state index in [1.165, 1.54) is 0 Å². The third-order valence-electron chi connectivity index (χ3n) is 2.03. The Labute approximate surface area is 94.0 Å². The first-order valence-electron chi connectivity index (χ1n) is 4.08. The van der Waals surface area contributed by atoms with E-state index in [0.29, 0.717) is 5.56 Å². The molecule has 1 heterocycles. The molecule has 0 saturated carbocycles. The minimum Gasteiger partial charge on any atom is -0.322 e. The highest BCUT2D eigenvalue weighted by atomic mass is 79.9. The van der Waals surface area contributed by atoms with Gasteiger partial charge < -0.3 is 4.98 Å². The lowest BCUT2D eigenvalue weighted by Gasteiger charge is -2.00. The fourth-order valence-electron chi connectivity index (χ4n) is 1.32. The summed E-state index contributed by atoms with van der Waals surface area (Å²) < 4.78 is 0.984. The van der Waals surface area contributed by atoms with Crippen LogP contribution in [-0.4, -0.2) is 4.98 Å². The van der Waals surface area contributed by atoms with Gasteiger partial charge in [0.1, 0.15) is 0 Å². The maximum absolute atomic E-state index is 11.4. The Hall–Kier alpha value is -0.800. The number of rotatable bonds is 1. The van der Waals surface area contributed by atoms with Crippen molar-refractivity contribution < 1.29 is 0 Å². The summed E-state index contributed by atoms with van der Waals surface area (Å²) >= 11 is 9.01. The standard InChI is InChI=1S/C10H7BrClNO/c11-8-1-2-9-6(4-8)3-7(5-12)10(14)13-9/h1-4H,5H2,(H,13,14). The van der Waals surface area contributed by atoms with Crippen LogP contribution in [-0.2, 0) is 5.88 Å². The van der Waals surface area contributed by atoms with Crippen LogP contribution in [0.3, 0.4) is 0 Å². The Morgan fingerprint density at radius 1 is 1.36 bits per heavy atom. The van der Waals surface area contributed by atoms with Gasteiger partial charge in [-0.05, 0) is 29.7 Å². The van der Waals surface area contributed by atoms with Gasteiger partial charge in [0, 0.05) is 15.6 Å². The molecule has 0 saturated heterocycles. The highest BCUT2D eigenvalue weighted by Crippen LogP contribution is 2.17. The highest BCUT2D eigenvalue weighted by molar-refractivity contribution is 9.10. The van der Waals surface area contributed by atoms with Gasteiger partial charge >= 0.3 is 0 Å². The van der Waals surface area contributed by atoms with E-state index in [4.69, 9.17) is 11.6 Å². The summed E-state index contributed by atoms with van der Waals surface area (Å²) in [6.07, 6.45) is 0. The number of benzene rings is 1. The molecule has 14 heavy (non-hydrogen) atoms. The zero-order valence-corrected chi connectivity index (χ0v) is 9.52. The van der Waals surface area contributed by atoms with E-state index < -0.39 is 0 Å². The van der Waals surface area contributed by atoms with Gasteiger partial charge in [-0.3, -0.25) is 4.79 Å². The van der Waals surface area contributed by atoms with Crippen LogP contribution in [0, 0.1) is 0 Å². The van der Waals surface area contributed by atoms with Crippen LogP contribution in [0.2, 0.25) is 0 Å². The topological polar surface area (TPSA) is 32.9 Å². The Morgan fingerprint density at radius 2 is 2.14 bits per heavy atom. The van der Waals surface area contributed by atoms with Gasteiger partial charge in [0.2, 0.25) is 0 Å². The van der Waals surface area contributed by atoms with Gasteiger partial charge in [0.15, 0.2) is 0 Å². The van der Waals surface area contributed by atoms with Crippen LogP contribution >= 0.6 is 27.5 Å². The average molecular weight is 273 g/mol. The van der Waals surface area contributed by atoms with Crippen LogP contribution in [0.4, 0.5) is 0 Å². The van der Waals surface area contributed by atoms with Crippen LogP contribution in [0.5, 0.6) is 0 Å². The number of halogens is 2. The Bertz CT molecular complexity index is 535. The van der Waals surface area contributed by atoms with Crippen LogP contribution in [0.25, 0.3) is 10.9 Å². The highest BCUT2D eigenvalue weighted by Gasteiger charge is 2.01. The third-order valence-corrected chi connectivity index (χ3v) is 2.81. The minimum atomic E-state index is -0.116. The molecular weight excluding hydrogens is 265 g/mol. The normalized spacial score (nSPS) is 10.7. The zero-order chi connectivity index (χ0) is 10.1. The van der Waals surface area contributed by atoms with Crippen LogP contribution < -0.4 is 5.56 Å². The molecule has 1 aromatic heterocycles. The summed E-state index contributed by atoms with van der Waals surface area (Å²) in [7, 11) is 0. The monoisotopic (exact) mass is 271 g/mol. The van der Waals surface area contributed by atoms with Crippen molar-refractivity contribution in [1.82, 2.24) is 4.98 Å². The molecule has 4 heteroatoms. The molecule has 0 amide bonds. The number of fused-ring (bicyclic) bond motifs is 1. The quantitative estimate of drug-likeness (QED) is 0.795. The second-order valence-electron chi connectivity index (χ2n) is 2.99. The first kappa shape index (κ1) is 9.74. The summed E-state index contributed by atoms with van der Waals surface area (Å²) in [6.45, 7) is 0. The molecule has 0 radical (unpaired) electrons. The predicted molar refractivity (Wildman–Crippen MR) is 61.8 cm³/mol. The molecule has 2 nitrogen and oxygen atoms in total. The number of nitrogens with one attached hydrogen (secondary N) is 1. The number of pyridine rings is 1. The van der Waals surface area contributed by atoms with Crippen molar-refractivity contribution in [2.45, 2.75) is 5.88 Å². The molecule has 0 aliphatic rings. The van der Waals surface area contributed by atoms with E-state index >= 15 is 0 Å². The number of H-pyrrole nitrogens is 1. The van der Waals surface area contributed by atoms with Gasteiger partial charge in [-0.2, -0.15) is 0 Å². The lowest BCUT2D eigenvalue weighted by Crippen LogP contribution is -2.10. The molecule has 0 aliphatic heterocycles. The van der Waals surface area contributed by atoms with Gasteiger partial charge in [-0.25, -0.2) is 0 Å². The number of alkyl halides is 1. The molecule has 0 unspecified atom stereocenters. The number of hydrogen-bond donors (Lipinski definition) is 1. The van der Waals surface area contributed by atoms with Crippen molar-refractivity contribution in [3.63, 3.8) is 0 Å². The van der Waals surface area contributed by atoms with E-state index in [2.05, 4.69) is 20.9 Å². The smallest absolute Gasteiger partial charge is 0.252 e. The lowest BCUT2D eigenvalue weighted by molar-refractivity contribution is 1.21. The summed E-state index contributed by atoms with van der Waals surface area (Å²) in [4.78, 5) is 14.2. The van der Waals surface area contributed by atoms with Crippen molar-refractivity contribution in [3.05, 3.63) is 44.7 Å². The van der Waals surface area contributed by atoms with Gasteiger partial charge in [-0.15, -0.1) is 11.6 Å². The Balaban J connectivity index is 2.80. The molecule has 72 valence electrons. The predicted octanol–water partition coefficient (Wildman–Crippen LogP) is 3.03. The number of aromatic nitrogens is 1. The molecule has 0 bridgehead atoms. The first-order chi connectivity index (χ1) is 6.70. The molecule has 0 atom stereocenters. The minimum absolute atomic E-state index is 0.116. The van der Waals surface area contributed by atoms with Gasteiger partial charge in [0.25, 0.3) is 5.56 Å². The third kappa shape index (κ3) is 1.70. The largest absolute Gasteiger partial charge is 0.322 e. The average Bonchev–Trinajstić information content (AvgIpc) is 2.17. The SMILES string of the molecule is O=c1[nH]c2ccc(Br)cc2cc1CCl. The van der Waals surface area contributed by atoms with E-state index in [1.807, 2.05) is 24.3 Å². The number of aromatic amines is 1. The first-order valence-corrected chi connectivity index (χ1v) is 5.41. The van der Waals surface area contributed by atoms with E-state index in [1.54, 1.807) is 0 Å². The van der Waals surface area contributed by atoms with Crippen molar-refractivity contribution in [1.29, 1.82) is 0 Å². The fourth-order valence-corrected chi connectivity index (χ4v) is 1.90. The zero-order valence-electron chi connectivity index (χ0n) is 7.18. The van der Waals surface area contributed by atoms with Crippen molar-refractivity contribution in [2.75, 3.05) is 0 Å². The summed E-state index contributed by atoms with van der Waals surface area (Å²) in [5, 5.41) is 0.981. The van der Waals surface area contributed by atoms with Crippen molar-refractivity contribution >= 4 is 38.4 Å². The molecule has 0 fully saturated rings. The lowest BCUT2D eigenvalue weighted by atomic mass is 10.2. The molecule has 0 spiro atoms. The molecule has 2 rings (SSSR count). The van der Waals surface area contributed by atoms with Gasteiger partial charge in [0.05, 0.1) is 5.88 Å². The van der Waals surface area contributed by atoms with Crippen molar-refractivity contribution in [3.8, 4) is 0 Å². The van der Waals surface area contributed by atoms with Gasteiger partial charge in [-0.1, -0.05) is 15.9 Å². The van der Waals surface area contributed by atoms with Crippen LogP contribution in [0.1, 0.15) is 5.56 Å². The molecular formula is C10H7BrClNO. The maximum atomic E-state index is 11.4. The summed E-state index contributed by atoms with van der Waals surface area (Å²) in [6, 6.07) is 7.50. The van der Waals surface area contributed by atoms with Crippen LogP contribution in [0.15, 0.2) is 33.5 Å². The van der Waals surface area contributed by atoms with E-state index in [-0.39, 0.29) is 11.4 Å². The maximum Gasteiger partial charge on any atom is 0.252 e. The number of hydrogen-bond acceptors (Lipinski definition) is 1. The summed E-state index contributed by atoms with van der Waals surface area (Å²) in [5.74, 6) is 0.234. The second kappa shape index (κ2) is 3.75. The molecule has 2 aromatic rings. The van der Waals surface area contributed by atoms with Crippen molar-refractivity contribution in [2.24, 2.45) is 0 Å².